The van der Waals surface area contributed by atoms with Gasteiger partial charge in [-0.15, -0.1) is 0 Å². The molecule has 0 saturated carbocycles. The summed E-state index contributed by atoms with van der Waals surface area (Å²) in [5.41, 5.74) is 0. The summed E-state index contributed by atoms with van der Waals surface area (Å²) in [6, 6.07) is 0. The second kappa shape index (κ2) is 5.68. The molecule has 0 bridgehead atoms. The van der Waals surface area contributed by atoms with E-state index in [2.05, 4.69) is 30.6 Å². The molecule has 1 saturated heterocycles. The number of nitrogens with one attached hydrogen (secondary N) is 1. The zero-order valence-corrected chi connectivity index (χ0v) is 10.2. The third kappa shape index (κ3) is 2.50. The highest BCUT2D eigenvalue weighted by atomic mass is 32.2. The van der Waals surface area contributed by atoms with Crippen LogP contribution < -0.4 is 5.32 Å². The van der Waals surface area contributed by atoms with E-state index in [1.165, 1.54) is 0 Å². The van der Waals surface area contributed by atoms with Crippen molar-refractivity contribution in [2.45, 2.75) is 15.7 Å². The topological polar surface area (TPSA) is 12.0 Å². The van der Waals surface area contributed by atoms with E-state index in [0.717, 1.165) is 17.0 Å². The Morgan fingerprint density at radius 2 is 1.92 bits per heavy atom. The van der Waals surface area contributed by atoms with E-state index in [9.17, 15) is 0 Å². The molecule has 0 aromatic rings. The van der Waals surface area contributed by atoms with Crippen molar-refractivity contribution in [1.29, 1.82) is 0 Å². The lowest BCUT2D eigenvalue weighted by atomic mass is 10.1. The predicted octanol–water partition coefficient (Wildman–Crippen LogP) is 1.95. The first-order valence-electron chi connectivity index (χ1n) is 3.98. The summed E-state index contributed by atoms with van der Waals surface area (Å²) in [6.45, 7) is 3.38. The predicted molar refractivity (Wildman–Crippen MR) is 64.2 cm³/mol. The van der Waals surface area contributed by atoms with Crippen LogP contribution in [-0.2, 0) is 0 Å². The lowest BCUT2D eigenvalue weighted by Gasteiger charge is -2.35. The highest BCUT2D eigenvalue weighted by Crippen LogP contribution is 2.32. The summed E-state index contributed by atoms with van der Waals surface area (Å²) in [7, 11) is 0. The van der Waals surface area contributed by atoms with Gasteiger partial charge >= 0.3 is 0 Å². The highest BCUT2D eigenvalue weighted by molar-refractivity contribution is 8.05. The summed E-state index contributed by atoms with van der Waals surface area (Å²) in [6.07, 6.45) is 6.61. The Hall–Kier alpha value is 1.01. The van der Waals surface area contributed by atoms with Gasteiger partial charge in [0.25, 0.3) is 0 Å². The van der Waals surface area contributed by atoms with Gasteiger partial charge in [-0.1, -0.05) is 0 Å². The van der Waals surface area contributed by atoms with Crippen molar-refractivity contribution in [2.75, 3.05) is 25.3 Å². The second-order valence-corrected chi connectivity index (χ2v) is 5.86. The van der Waals surface area contributed by atoms with Crippen LogP contribution in [0.15, 0.2) is 0 Å². The van der Waals surface area contributed by atoms with Crippen LogP contribution in [0.5, 0.6) is 0 Å². The molecule has 12 heavy (non-hydrogen) atoms. The minimum atomic E-state index is 0.672. The molecule has 3 atom stereocenters. The summed E-state index contributed by atoms with van der Waals surface area (Å²) in [5, 5.41) is 5.58. The third-order valence-corrected chi connectivity index (χ3v) is 5.69. The molecule has 71 valence electrons. The molecule has 0 aliphatic carbocycles. The second-order valence-electron chi connectivity index (χ2n) is 2.75. The van der Waals surface area contributed by atoms with Crippen molar-refractivity contribution in [2.24, 2.45) is 0 Å². The van der Waals surface area contributed by atoms with E-state index in [1.54, 1.807) is 0 Å². The largest absolute Gasteiger partial charge is 0.310 e. The van der Waals surface area contributed by atoms with Gasteiger partial charge in [-0.3, -0.25) is 0 Å². The van der Waals surface area contributed by atoms with Crippen LogP contribution in [-0.4, -0.2) is 41.1 Å². The van der Waals surface area contributed by atoms with Crippen molar-refractivity contribution >= 4 is 35.3 Å². The first-order valence-corrected chi connectivity index (χ1v) is 7.85. The zero-order chi connectivity index (χ0) is 8.97. The fourth-order valence-corrected chi connectivity index (χ4v) is 5.00. The summed E-state index contributed by atoms with van der Waals surface area (Å²) in [5.74, 6) is 0. The van der Waals surface area contributed by atoms with Gasteiger partial charge in [0.15, 0.2) is 0 Å². The monoisotopic (exact) mass is 222 g/mol. The molecule has 3 unspecified atom stereocenters. The molecule has 1 N–H and O–H groups in total. The molecule has 1 aliphatic rings. The Bertz CT molecular complexity index is 119. The van der Waals surface area contributed by atoms with Crippen LogP contribution in [0, 0.1) is 6.54 Å². The molecule has 1 fully saturated rings. The van der Waals surface area contributed by atoms with Crippen molar-refractivity contribution in [1.82, 2.24) is 5.32 Å². The van der Waals surface area contributed by atoms with E-state index in [1.807, 2.05) is 35.3 Å². The van der Waals surface area contributed by atoms with Gasteiger partial charge < -0.3 is 5.32 Å². The average molecular weight is 222 g/mol. The van der Waals surface area contributed by atoms with Crippen molar-refractivity contribution in [3.8, 4) is 0 Å². The molecule has 0 aromatic heterocycles. The number of piperidine rings is 1. The van der Waals surface area contributed by atoms with E-state index < -0.39 is 0 Å². The van der Waals surface area contributed by atoms with E-state index in [4.69, 9.17) is 0 Å². The third-order valence-electron chi connectivity index (χ3n) is 2.14. The van der Waals surface area contributed by atoms with E-state index in [-0.39, 0.29) is 0 Å². The number of hydrogen-bond acceptors (Lipinski definition) is 4. The quantitative estimate of drug-likeness (QED) is 0.783. The minimum absolute atomic E-state index is 0.672. The molecule has 1 radical (unpaired) electrons. The molecule has 1 aliphatic heterocycles. The molecular formula is C8H16NS3. The smallest absolute Gasteiger partial charge is 0.0363 e. The Labute approximate surface area is 88.2 Å². The van der Waals surface area contributed by atoms with Gasteiger partial charge in [-0.05, 0) is 18.8 Å². The Morgan fingerprint density at radius 3 is 2.42 bits per heavy atom. The highest BCUT2D eigenvalue weighted by Gasteiger charge is 2.31. The fourth-order valence-electron chi connectivity index (χ4n) is 1.43. The van der Waals surface area contributed by atoms with Gasteiger partial charge in [0.2, 0.25) is 0 Å². The van der Waals surface area contributed by atoms with Gasteiger partial charge in [0, 0.05) is 28.8 Å². The average Bonchev–Trinajstić information content (AvgIpc) is 2.16. The van der Waals surface area contributed by atoms with Crippen molar-refractivity contribution in [3.63, 3.8) is 0 Å². The standard InChI is InChI=1S/C8H16NS3/c1-10-6-4-9-5-7(11-2)8(6)12-3/h4,6-9H,5H2,1-3H3. The molecule has 0 amide bonds. The zero-order valence-electron chi connectivity index (χ0n) is 7.74. The maximum Gasteiger partial charge on any atom is 0.0363 e. The molecule has 4 heteroatoms. The number of hydrogen-bond donors (Lipinski definition) is 1. The van der Waals surface area contributed by atoms with Crippen LogP contribution in [0.4, 0.5) is 0 Å². The Kier molecular flexibility index (Phi) is 5.25. The SMILES string of the molecule is CSC1[CH]NCC(SC)C1SC. The molecule has 1 rings (SSSR count). The normalized spacial score (nSPS) is 36.8. The van der Waals surface area contributed by atoms with Gasteiger partial charge in [0.1, 0.15) is 0 Å². The van der Waals surface area contributed by atoms with Crippen molar-refractivity contribution in [3.05, 3.63) is 6.54 Å². The lowest BCUT2D eigenvalue weighted by molar-refractivity contribution is 0.618. The summed E-state index contributed by atoms with van der Waals surface area (Å²) >= 11 is 5.92. The first-order chi connectivity index (χ1) is 5.83. The molecule has 0 spiro atoms. The Morgan fingerprint density at radius 1 is 1.17 bits per heavy atom. The Balaban J connectivity index is 2.52. The van der Waals surface area contributed by atoms with E-state index in [0.29, 0.717) is 5.25 Å². The fraction of sp³-hybridized carbons (Fsp3) is 0.875. The van der Waals surface area contributed by atoms with Crippen LogP contribution in [0.1, 0.15) is 0 Å². The lowest BCUT2D eigenvalue weighted by Crippen LogP contribution is -2.45. The number of rotatable bonds is 3. The maximum atomic E-state index is 3.37. The summed E-state index contributed by atoms with van der Waals surface area (Å²) in [4.78, 5) is 0. The van der Waals surface area contributed by atoms with Gasteiger partial charge in [0.05, 0.1) is 0 Å². The minimum Gasteiger partial charge on any atom is -0.310 e. The van der Waals surface area contributed by atoms with Crippen LogP contribution in [0.25, 0.3) is 0 Å². The maximum absolute atomic E-state index is 3.37. The molecule has 1 nitrogen and oxygen atoms in total. The van der Waals surface area contributed by atoms with Crippen LogP contribution >= 0.6 is 35.3 Å². The van der Waals surface area contributed by atoms with Crippen molar-refractivity contribution < 1.29 is 0 Å². The molecule has 0 aromatic carbocycles. The van der Waals surface area contributed by atoms with Gasteiger partial charge in [-0.2, -0.15) is 35.3 Å². The van der Waals surface area contributed by atoms with Crippen LogP contribution in [0.2, 0.25) is 0 Å². The molecule has 1 heterocycles. The van der Waals surface area contributed by atoms with Crippen LogP contribution in [0.3, 0.4) is 0 Å². The van der Waals surface area contributed by atoms with Gasteiger partial charge in [-0.25, -0.2) is 0 Å². The number of thioether (sulfide) groups is 3. The summed E-state index contributed by atoms with van der Waals surface area (Å²) < 4.78 is 0. The first kappa shape index (κ1) is 11.1. The van der Waals surface area contributed by atoms with E-state index >= 15 is 0 Å². The molecular weight excluding hydrogens is 206 g/mol.